The summed E-state index contributed by atoms with van der Waals surface area (Å²) in [7, 11) is 0. The first-order valence-corrected chi connectivity index (χ1v) is 12.6. The van der Waals surface area contributed by atoms with Crippen molar-refractivity contribution >= 4 is 5.69 Å². The standard InChI is InChI=1S/C27H46N2/c1-3-5-7-8-9-10-11-12-13-14-19-23-28-24-25-29(26-20-17-15-18-21-26)27(28)22-16-6-4-2/h15,17-18,20-21,24-25,27H,3-14,16,19,22-23H2,1-2H3. The topological polar surface area (TPSA) is 6.48 Å². The van der Waals surface area contributed by atoms with Crippen LogP contribution in [0.5, 0.6) is 0 Å². The molecule has 1 aliphatic rings. The van der Waals surface area contributed by atoms with Crippen LogP contribution in [0.1, 0.15) is 110 Å². The number of unbranched alkanes of at least 4 members (excludes halogenated alkanes) is 12. The van der Waals surface area contributed by atoms with Gasteiger partial charge in [-0.15, -0.1) is 0 Å². The zero-order valence-corrected chi connectivity index (χ0v) is 19.3. The van der Waals surface area contributed by atoms with E-state index in [0.717, 1.165) is 0 Å². The molecule has 0 aliphatic carbocycles. The molecule has 29 heavy (non-hydrogen) atoms. The molecule has 0 spiro atoms. The van der Waals surface area contributed by atoms with Crippen LogP contribution in [-0.2, 0) is 0 Å². The summed E-state index contributed by atoms with van der Waals surface area (Å²) in [5, 5.41) is 0. The Morgan fingerprint density at radius 1 is 0.621 bits per heavy atom. The highest BCUT2D eigenvalue weighted by atomic mass is 15.4. The first kappa shape index (κ1) is 23.8. The molecule has 0 bridgehead atoms. The minimum absolute atomic E-state index is 0.507. The van der Waals surface area contributed by atoms with Gasteiger partial charge < -0.3 is 9.80 Å². The summed E-state index contributed by atoms with van der Waals surface area (Å²) < 4.78 is 0. The van der Waals surface area contributed by atoms with Gasteiger partial charge in [0.25, 0.3) is 0 Å². The molecule has 1 aliphatic heterocycles. The summed E-state index contributed by atoms with van der Waals surface area (Å²) in [4.78, 5) is 5.07. The van der Waals surface area contributed by atoms with Crippen molar-refractivity contribution < 1.29 is 0 Å². The summed E-state index contributed by atoms with van der Waals surface area (Å²) >= 11 is 0. The fraction of sp³-hybridized carbons (Fsp3) is 0.704. The SMILES string of the molecule is CCCCCCCCCCCCCN1C=CN(c2ccccc2)C1CCCCC. The molecule has 164 valence electrons. The largest absolute Gasteiger partial charge is 0.356 e. The van der Waals surface area contributed by atoms with E-state index in [0.29, 0.717) is 6.17 Å². The molecule has 1 aromatic rings. The molecule has 1 atom stereocenters. The lowest BCUT2D eigenvalue weighted by Crippen LogP contribution is -2.39. The van der Waals surface area contributed by atoms with Crippen molar-refractivity contribution in [2.24, 2.45) is 0 Å². The van der Waals surface area contributed by atoms with Crippen molar-refractivity contribution in [1.29, 1.82) is 0 Å². The molecule has 0 fully saturated rings. The smallest absolute Gasteiger partial charge is 0.105 e. The van der Waals surface area contributed by atoms with Gasteiger partial charge in [0.15, 0.2) is 0 Å². The van der Waals surface area contributed by atoms with Gasteiger partial charge in [-0.05, 0) is 31.4 Å². The summed E-state index contributed by atoms with van der Waals surface area (Å²) in [5.41, 5.74) is 1.33. The van der Waals surface area contributed by atoms with E-state index in [-0.39, 0.29) is 0 Å². The van der Waals surface area contributed by atoms with Crippen LogP contribution in [0.2, 0.25) is 0 Å². The lowest BCUT2D eigenvalue weighted by atomic mass is 10.1. The molecule has 1 heterocycles. The molecular weight excluding hydrogens is 352 g/mol. The van der Waals surface area contributed by atoms with Gasteiger partial charge in [-0.1, -0.05) is 109 Å². The predicted octanol–water partition coefficient (Wildman–Crippen LogP) is 8.50. The van der Waals surface area contributed by atoms with E-state index in [1.807, 2.05) is 0 Å². The first-order valence-electron chi connectivity index (χ1n) is 12.6. The van der Waals surface area contributed by atoms with E-state index in [1.165, 1.54) is 109 Å². The van der Waals surface area contributed by atoms with Crippen molar-refractivity contribution in [3.05, 3.63) is 42.7 Å². The van der Waals surface area contributed by atoms with E-state index in [9.17, 15) is 0 Å². The van der Waals surface area contributed by atoms with Crippen LogP contribution >= 0.6 is 0 Å². The van der Waals surface area contributed by atoms with Gasteiger partial charge in [0.1, 0.15) is 6.17 Å². The number of benzene rings is 1. The molecule has 2 rings (SSSR count). The van der Waals surface area contributed by atoms with Gasteiger partial charge in [-0.25, -0.2) is 0 Å². The van der Waals surface area contributed by atoms with E-state index in [2.05, 4.69) is 66.4 Å². The zero-order chi connectivity index (χ0) is 20.6. The number of hydrogen-bond acceptors (Lipinski definition) is 2. The van der Waals surface area contributed by atoms with Gasteiger partial charge in [0.2, 0.25) is 0 Å². The average Bonchev–Trinajstić information content (AvgIpc) is 3.15. The second-order valence-corrected chi connectivity index (χ2v) is 8.79. The second kappa shape index (κ2) is 15.4. The lowest BCUT2D eigenvalue weighted by molar-refractivity contribution is 0.273. The molecule has 2 heteroatoms. The quantitative estimate of drug-likeness (QED) is 0.243. The van der Waals surface area contributed by atoms with Crippen LogP contribution in [0.3, 0.4) is 0 Å². The Labute approximate surface area is 181 Å². The molecule has 2 nitrogen and oxygen atoms in total. The van der Waals surface area contributed by atoms with Crippen molar-refractivity contribution in [3.63, 3.8) is 0 Å². The van der Waals surface area contributed by atoms with Crippen molar-refractivity contribution in [2.45, 2.75) is 116 Å². The van der Waals surface area contributed by atoms with E-state index >= 15 is 0 Å². The highest BCUT2D eigenvalue weighted by Gasteiger charge is 2.26. The fourth-order valence-corrected chi connectivity index (χ4v) is 4.44. The maximum absolute atomic E-state index is 2.59. The summed E-state index contributed by atoms with van der Waals surface area (Å²) in [6, 6.07) is 10.9. The number of hydrogen-bond donors (Lipinski definition) is 0. The maximum atomic E-state index is 2.59. The highest BCUT2D eigenvalue weighted by molar-refractivity contribution is 5.51. The molecule has 1 unspecified atom stereocenters. The summed E-state index contributed by atoms with van der Waals surface area (Å²) in [6.45, 7) is 5.79. The number of anilines is 1. The van der Waals surface area contributed by atoms with Gasteiger partial charge in [0.05, 0.1) is 0 Å². The third-order valence-electron chi connectivity index (χ3n) is 6.26. The van der Waals surface area contributed by atoms with Crippen LogP contribution in [-0.4, -0.2) is 17.6 Å². The molecule has 0 aromatic heterocycles. The molecule has 1 aromatic carbocycles. The van der Waals surface area contributed by atoms with Crippen LogP contribution in [0.25, 0.3) is 0 Å². The molecule has 0 radical (unpaired) electrons. The first-order chi connectivity index (χ1) is 14.4. The summed E-state index contributed by atoms with van der Waals surface area (Å²) in [6.07, 6.45) is 25.9. The van der Waals surface area contributed by atoms with Crippen LogP contribution in [0, 0.1) is 0 Å². The molecule has 0 amide bonds. The Morgan fingerprint density at radius 3 is 1.79 bits per heavy atom. The monoisotopic (exact) mass is 398 g/mol. The van der Waals surface area contributed by atoms with Crippen molar-refractivity contribution in [3.8, 4) is 0 Å². The lowest BCUT2D eigenvalue weighted by Gasteiger charge is -2.33. The Hall–Kier alpha value is -1.44. The highest BCUT2D eigenvalue weighted by Crippen LogP contribution is 2.28. The Balaban J connectivity index is 1.63. The van der Waals surface area contributed by atoms with Crippen LogP contribution < -0.4 is 4.90 Å². The fourth-order valence-electron chi connectivity index (χ4n) is 4.44. The van der Waals surface area contributed by atoms with Crippen molar-refractivity contribution in [1.82, 2.24) is 4.90 Å². The number of rotatable bonds is 17. The van der Waals surface area contributed by atoms with Crippen molar-refractivity contribution in [2.75, 3.05) is 11.4 Å². The Bertz CT molecular complexity index is 525. The van der Waals surface area contributed by atoms with Gasteiger partial charge >= 0.3 is 0 Å². The van der Waals surface area contributed by atoms with Gasteiger partial charge in [0, 0.05) is 24.6 Å². The minimum Gasteiger partial charge on any atom is -0.356 e. The minimum atomic E-state index is 0.507. The molecular formula is C27H46N2. The second-order valence-electron chi connectivity index (χ2n) is 8.79. The molecule has 0 saturated carbocycles. The third-order valence-corrected chi connectivity index (χ3v) is 6.26. The zero-order valence-electron chi connectivity index (χ0n) is 19.3. The summed E-state index contributed by atoms with van der Waals surface area (Å²) in [5.74, 6) is 0. The normalized spacial score (nSPS) is 16.1. The predicted molar refractivity (Wildman–Crippen MR) is 129 cm³/mol. The van der Waals surface area contributed by atoms with Gasteiger partial charge in [-0.3, -0.25) is 0 Å². The van der Waals surface area contributed by atoms with E-state index in [4.69, 9.17) is 0 Å². The Morgan fingerprint density at radius 2 is 1.17 bits per heavy atom. The van der Waals surface area contributed by atoms with Crippen LogP contribution in [0.15, 0.2) is 42.7 Å². The van der Waals surface area contributed by atoms with E-state index in [1.54, 1.807) is 0 Å². The molecule has 0 saturated heterocycles. The number of para-hydroxylation sites is 1. The third kappa shape index (κ3) is 9.28. The molecule has 0 N–H and O–H groups in total. The Kier molecular flexibility index (Phi) is 12.7. The average molecular weight is 399 g/mol. The number of nitrogens with zero attached hydrogens (tertiary/aromatic N) is 2. The van der Waals surface area contributed by atoms with E-state index < -0.39 is 0 Å². The van der Waals surface area contributed by atoms with Gasteiger partial charge in [-0.2, -0.15) is 0 Å². The van der Waals surface area contributed by atoms with Crippen LogP contribution in [0.4, 0.5) is 5.69 Å². The maximum Gasteiger partial charge on any atom is 0.105 e.